The van der Waals surface area contributed by atoms with E-state index in [2.05, 4.69) is 17.9 Å². The van der Waals surface area contributed by atoms with Crippen LogP contribution < -0.4 is 11.1 Å². The van der Waals surface area contributed by atoms with Gasteiger partial charge in [0.1, 0.15) is 5.78 Å². The van der Waals surface area contributed by atoms with Crippen LogP contribution in [0.5, 0.6) is 0 Å². The molecule has 0 aromatic heterocycles. The van der Waals surface area contributed by atoms with Crippen molar-refractivity contribution in [2.24, 2.45) is 5.73 Å². The summed E-state index contributed by atoms with van der Waals surface area (Å²) in [6, 6.07) is -1.15. The molecule has 18 heavy (non-hydrogen) atoms. The number of carbonyl (C=O) groups is 3. The smallest absolute Gasteiger partial charge is 0.217 e. The maximum atomic E-state index is 12.0. The van der Waals surface area contributed by atoms with Crippen LogP contribution in [0, 0.1) is 0 Å². The Kier molecular flexibility index (Phi) is 8.30. The Morgan fingerprint density at radius 1 is 1.33 bits per heavy atom. The molecule has 0 aliphatic carbocycles. The maximum Gasteiger partial charge on any atom is 0.217 e. The third-order valence-corrected chi connectivity index (χ3v) is 4.00. The van der Waals surface area contributed by atoms with E-state index in [1.165, 1.54) is 25.6 Å². The standard InChI is InChI=1S/C11H20N2O3S2/c1-6(14)9(12)5-18-7(2)11(16)10(4-17)13-8(3)15/h7,9-10,17H,4-5,12H2,1-3H3,(H,13,15)/t7?,9-,10-/m0/s1. The van der Waals surface area contributed by atoms with Crippen LogP contribution in [0.15, 0.2) is 0 Å². The molecule has 0 spiro atoms. The van der Waals surface area contributed by atoms with Crippen LogP contribution in [0.3, 0.4) is 0 Å². The molecule has 0 aromatic carbocycles. The number of hydrogen-bond donors (Lipinski definition) is 3. The number of Topliss-reactive ketones (excluding diaryl/α,β-unsaturated/α-hetero) is 2. The number of hydrogen-bond acceptors (Lipinski definition) is 6. The molecule has 1 amide bonds. The average Bonchev–Trinajstić information content (AvgIpc) is 2.30. The first-order valence-electron chi connectivity index (χ1n) is 5.58. The summed E-state index contributed by atoms with van der Waals surface area (Å²) in [6.45, 7) is 4.51. The Balaban J connectivity index is 4.30. The van der Waals surface area contributed by atoms with Gasteiger partial charge in [0.2, 0.25) is 5.91 Å². The Bertz CT molecular complexity index is 323. The lowest BCUT2D eigenvalue weighted by molar-refractivity contribution is -0.125. The summed E-state index contributed by atoms with van der Waals surface area (Å²) in [7, 11) is 0. The zero-order valence-electron chi connectivity index (χ0n) is 10.8. The monoisotopic (exact) mass is 292 g/mol. The molecule has 0 aromatic rings. The summed E-state index contributed by atoms with van der Waals surface area (Å²) in [4.78, 5) is 33.9. The number of nitrogens with two attached hydrogens (primary N) is 1. The topological polar surface area (TPSA) is 89.3 Å². The van der Waals surface area contributed by atoms with Crippen LogP contribution in [0.25, 0.3) is 0 Å². The second-order valence-corrected chi connectivity index (χ2v) is 5.77. The summed E-state index contributed by atoms with van der Waals surface area (Å²) in [5, 5.41) is 2.21. The first kappa shape index (κ1) is 17.5. The van der Waals surface area contributed by atoms with E-state index in [0.717, 1.165) is 0 Å². The van der Waals surface area contributed by atoms with Crippen LogP contribution in [0.1, 0.15) is 20.8 Å². The Labute approximate surface area is 117 Å². The molecule has 0 aliphatic rings. The lowest BCUT2D eigenvalue weighted by Gasteiger charge is -2.19. The first-order valence-corrected chi connectivity index (χ1v) is 7.27. The fourth-order valence-electron chi connectivity index (χ4n) is 1.18. The molecule has 0 saturated heterocycles. The summed E-state index contributed by atoms with van der Waals surface area (Å²) in [5.41, 5.74) is 5.59. The molecule has 0 saturated carbocycles. The van der Waals surface area contributed by atoms with Crippen molar-refractivity contribution in [3.05, 3.63) is 0 Å². The molecule has 0 rings (SSSR count). The third-order valence-electron chi connectivity index (χ3n) is 2.35. The summed E-state index contributed by atoms with van der Waals surface area (Å²) in [5.74, 6) is 0.166. The van der Waals surface area contributed by atoms with Crippen molar-refractivity contribution in [2.45, 2.75) is 38.1 Å². The molecular formula is C11H20N2O3S2. The predicted octanol–water partition coefficient (Wildman–Crippen LogP) is 0.0280. The van der Waals surface area contributed by atoms with Gasteiger partial charge in [-0.3, -0.25) is 14.4 Å². The van der Waals surface area contributed by atoms with Gasteiger partial charge in [-0.15, -0.1) is 11.8 Å². The fraction of sp³-hybridized carbons (Fsp3) is 0.727. The van der Waals surface area contributed by atoms with E-state index in [-0.39, 0.29) is 28.5 Å². The normalized spacial score (nSPS) is 15.6. The van der Waals surface area contributed by atoms with Gasteiger partial charge in [-0.2, -0.15) is 12.6 Å². The van der Waals surface area contributed by atoms with E-state index in [1.807, 2.05) is 0 Å². The zero-order valence-corrected chi connectivity index (χ0v) is 12.5. The van der Waals surface area contributed by atoms with E-state index in [9.17, 15) is 14.4 Å². The number of ketones is 2. The van der Waals surface area contributed by atoms with Gasteiger partial charge < -0.3 is 11.1 Å². The number of thioether (sulfide) groups is 1. The molecule has 1 unspecified atom stereocenters. The molecule has 0 bridgehead atoms. The lowest BCUT2D eigenvalue weighted by Crippen LogP contribution is -2.44. The summed E-state index contributed by atoms with van der Waals surface area (Å²) in [6.07, 6.45) is 0. The van der Waals surface area contributed by atoms with Crippen molar-refractivity contribution >= 4 is 41.9 Å². The van der Waals surface area contributed by atoms with Crippen LogP contribution in [0.4, 0.5) is 0 Å². The van der Waals surface area contributed by atoms with Crippen LogP contribution in [-0.4, -0.2) is 46.3 Å². The van der Waals surface area contributed by atoms with Gasteiger partial charge >= 0.3 is 0 Å². The highest BCUT2D eigenvalue weighted by Gasteiger charge is 2.24. The molecule has 104 valence electrons. The largest absolute Gasteiger partial charge is 0.346 e. The highest BCUT2D eigenvalue weighted by atomic mass is 32.2. The van der Waals surface area contributed by atoms with Crippen molar-refractivity contribution in [3.63, 3.8) is 0 Å². The molecule has 7 heteroatoms. The predicted molar refractivity (Wildman–Crippen MR) is 77.0 cm³/mol. The van der Waals surface area contributed by atoms with Gasteiger partial charge in [0.15, 0.2) is 5.78 Å². The van der Waals surface area contributed by atoms with E-state index >= 15 is 0 Å². The molecule has 3 atom stereocenters. The fourth-order valence-corrected chi connectivity index (χ4v) is 2.51. The number of carbonyl (C=O) groups excluding carboxylic acids is 3. The van der Waals surface area contributed by atoms with Crippen molar-refractivity contribution in [3.8, 4) is 0 Å². The number of rotatable bonds is 8. The van der Waals surface area contributed by atoms with Gasteiger partial charge in [-0.25, -0.2) is 0 Å². The van der Waals surface area contributed by atoms with E-state index in [4.69, 9.17) is 5.73 Å². The number of amides is 1. The maximum absolute atomic E-state index is 12.0. The second kappa shape index (κ2) is 8.55. The molecule has 0 heterocycles. The zero-order chi connectivity index (χ0) is 14.3. The van der Waals surface area contributed by atoms with Crippen LogP contribution >= 0.6 is 24.4 Å². The minimum absolute atomic E-state index is 0.102. The quantitative estimate of drug-likeness (QED) is 0.549. The molecule has 3 N–H and O–H groups in total. The van der Waals surface area contributed by atoms with Crippen molar-refractivity contribution in [1.29, 1.82) is 0 Å². The van der Waals surface area contributed by atoms with Gasteiger partial charge in [-0.05, 0) is 13.8 Å². The van der Waals surface area contributed by atoms with Crippen molar-refractivity contribution in [2.75, 3.05) is 11.5 Å². The van der Waals surface area contributed by atoms with Gasteiger partial charge in [0, 0.05) is 18.4 Å². The number of nitrogens with one attached hydrogen (secondary N) is 1. The molecule has 5 nitrogen and oxygen atoms in total. The molecular weight excluding hydrogens is 272 g/mol. The highest BCUT2D eigenvalue weighted by Crippen LogP contribution is 2.14. The summed E-state index contributed by atoms with van der Waals surface area (Å²) < 4.78 is 0. The average molecular weight is 292 g/mol. The second-order valence-electron chi connectivity index (χ2n) is 4.03. The molecule has 0 radical (unpaired) electrons. The van der Waals surface area contributed by atoms with Gasteiger partial charge in [0.25, 0.3) is 0 Å². The van der Waals surface area contributed by atoms with E-state index < -0.39 is 12.1 Å². The first-order chi connectivity index (χ1) is 8.29. The lowest BCUT2D eigenvalue weighted by atomic mass is 10.1. The molecule has 0 aliphatic heterocycles. The van der Waals surface area contributed by atoms with E-state index in [1.54, 1.807) is 6.92 Å². The van der Waals surface area contributed by atoms with Crippen molar-refractivity contribution in [1.82, 2.24) is 5.32 Å². The number of thiol groups is 1. The Hall–Kier alpha value is -0.530. The highest BCUT2D eigenvalue weighted by molar-refractivity contribution is 8.00. The van der Waals surface area contributed by atoms with Crippen LogP contribution in [-0.2, 0) is 14.4 Å². The Morgan fingerprint density at radius 2 is 1.89 bits per heavy atom. The van der Waals surface area contributed by atoms with Gasteiger partial charge in [0.05, 0.1) is 17.3 Å². The minimum atomic E-state index is -0.595. The van der Waals surface area contributed by atoms with Gasteiger partial charge in [-0.1, -0.05) is 0 Å². The SMILES string of the molecule is CC(=O)N[C@@H](CS)C(=O)C(C)SC[C@H](N)C(C)=O. The van der Waals surface area contributed by atoms with E-state index in [0.29, 0.717) is 5.75 Å². The third kappa shape index (κ3) is 6.42. The summed E-state index contributed by atoms with van der Waals surface area (Å²) >= 11 is 5.35. The molecule has 0 fully saturated rings. The minimum Gasteiger partial charge on any atom is -0.346 e. The van der Waals surface area contributed by atoms with Crippen LogP contribution in [0.2, 0.25) is 0 Å². The Morgan fingerprint density at radius 3 is 2.28 bits per heavy atom. The van der Waals surface area contributed by atoms with Crippen molar-refractivity contribution < 1.29 is 14.4 Å².